The van der Waals surface area contributed by atoms with Gasteiger partial charge >= 0.3 is 0 Å². The fourth-order valence-electron chi connectivity index (χ4n) is 2.87. The zero-order valence-corrected chi connectivity index (χ0v) is 16.7. The Morgan fingerprint density at radius 3 is 2.04 bits per heavy atom. The summed E-state index contributed by atoms with van der Waals surface area (Å²) in [4.78, 5) is -0.428. The highest BCUT2D eigenvalue weighted by Crippen LogP contribution is 2.38. The van der Waals surface area contributed by atoms with Crippen molar-refractivity contribution in [1.29, 1.82) is 0 Å². The van der Waals surface area contributed by atoms with Crippen LogP contribution in [0.2, 0.25) is 0 Å². The van der Waals surface area contributed by atoms with Crippen LogP contribution in [-0.2, 0) is 4.87 Å². The van der Waals surface area contributed by atoms with E-state index in [0.29, 0.717) is 0 Å². The van der Waals surface area contributed by atoms with Gasteiger partial charge in [0.05, 0.1) is 25.7 Å². The van der Waals surface area contributed by atoms with E-state index in [1.54, 1.807) is 14.2 Å². The fraction of sp³-hybridized carbons (Fsp3) is 0.455. The van der Waals surface area contributed by atoms with Gasteiger partial charge < -0.3 is 14.2 Å². The van der Waals surface area contributed by atoms with Gasteiger partial charge in [0, 0.05) is 6.07 Å². The molecule has 3 nitrogen and oxygen atoms in total. The Balaban J connectivity index is 1.72. The quantitative estimate of drug-likeness (QED) is 0.346. The van der Waals surface area contributed by atoms with Crippen LogP contribution < -0.4 is 14.2 Å². The number of ether oxygens (including phenoxy) is 3. The van der Waals surface area contributed by atoms with Crippen LogP contribution in [0.15, 0.2) is 48.5 Å². The van der Waals surface area contributed by atoms with Crippen LogP contribution in [0.4, 0.5) is 0 Å². The van der Waals surface area contributed by atoms with E-state index in [4.69, 9.17) is 25.8 Å². The van der Waals surface area contributed by atoms with Crippen molar-refractivity contribution in [3.8, 4) is 17.2 Å². The van der Waals surface area contributed by atoms with E-state index in [1.165, 1.54) is 0 Å². The Labute approximate surface area is 162 Å². The monoisotopic (exact) mass is 376 g/mol. The Morgan fingerprint density at radius 1 is 0.808 bits per heavy atom. The van der Waals surface area contributed by atoms with Gasteiger partial charge in [0.2, 0.25) is 0 Å². The lowest BCUT2D eigenvalue weighted by Crippen LogP contribution is -2.14. The summed E-state index contributed by atoms with van der Waals surface area (Å²) in [5.41, 5.74) is 1.03. The first-order chi connectivity index (χ1) is 12.5. The second kappa shape index (κ2) is 10.3. The average Bonchev–Trinajstić information content (AvgIpc) is 2.67. The van der Waals surface area contributed by atoms with Gasteiger partial charge in [-0.25, -0.2) is 0 Å². The molecule has 1 unspecified atom stereocenters. The van der Waals surface area contributed by atoms with Crippen molar-refractivity contribution in [2.24, 2.45) is 0 Å². The van der Waals surface area contributed by atoms with Crippen LogP contribution in [0.3, 0.4) is 0 Å². The van der Waals surface area contributed by atoms with Gasteiger partial charge in [0.25, 0.3) is 0 Å². The standard InChI is InChI=1S/C22H29ClO3/c1-22(23,18-15-20(24-2)17-21(16-18)25-3)13-9-4-5-10-14-26-19-11-7-6-8-12-19/h6-8,11-12,15-17H,4-5,9-10,13-14H2,1-3H3. The number of hydrogen-bond acceptors (Lipinski definition) is 3. The van der Waals surface area contributed by atoms with Crippen LogP contribution in [0, 0.1) is 0 Å². The summed E-state index contributed by atoms with van der Waals surface area (Å²) >= 11 is 6.80. The lowest BCUT2D eigenvalue weighted by atomic mass is 9.93. The number of unbranched alkanes of at least 4 members (excludes halogenated alkanes) is 3. The first kappa shape index (κ1) is 20.4. The van der Waals surface area contributed by atoms with Gasteiger partial charge in [-0.15, -0.1) is 11.6 Å². The summed E-state index contributed by atoms with van der Waals surface area (Å²) in [7, 11) is 3.31. The van der Waals surface area contributed by atoms with E-state index in [2.05, 4.69) is 6.92 Å². The molecule has 0 fully saturated rings. The third-order valence-electron chi connectivity index (χ3n) is 4.51. The first-order valence-corrected chi connectivity index (χ1v) is 9.53. The largest absolute Gasteiger partial charge is 0.497 e. The number of methoxy groups -OCH3 is 2. The Bertz CT molecular complexity index is 633. The summed E-state index contributed by atoms with van der Waals surface area (Å²) in [5, 5.41) is 0. The summed E-state index contributed by atoms with van der Waals surface area (Å²) in [6.45, 7) is 2.82. The zero-order valence-electron chi connectivity index (χ0n) is 16.0. The molecule has 0 spiro atoms. The minimum Gasteiger partial charge on any atom is -0.497 e. The van der Waals surface area contributed by atoms with Crippen LogP contribution in [0.5, 0.6) is 17.2 Å². The van der Waals surface area contributed by atoms with Crippen molar-refractivity contribution in [2.75, 3.05) is 20.8 Å². The summed E-state index contributed by atoms with van der Waals surface area (Å²) < 4.78 is 16.4. The highest BCUT2D eigenvalue weighted by Gasteiger charge is 2.24. The van der Waals surface area contributed by atoms with Gasteiger partial charge in [0.15, 0.2) is 0 Å². The molecule has 0 aliphatic rings. The maximum absolute atomic E-state index is 6.80. The normalized spacial score (nSPS) is 13.1. The van der Waals surface area contributed by atoms with Crippen molar-refractivity contribution in [3.63, 3.8) is 0 Å². The Kier molecular flexibility index (Phi) is 8.11. The van der Waals surface area contributed by atoms with Gasteiger partial charge in [-0.2, -0.15) is 0 Å². The molecular formula is C22H29ClO3. The van der Waals surface area contributed by atoms with Gasteiger partial charge in [-0.3, -0.25) is 0 Å². The van der Waals surface area contributed by atoms with Crippen molar-refractivity contribution in [1.82, 2.24) is 0 Å². The molecule has 26 heavy (non-hydrogen) atoms. The van der Waals surface area contributed by atoms with Crippen molar-refractivity contribution in [2.45, 2.75) is 43.9 Å². The number of para-hydroxylation sites is 1. The highest BCUT2D eigenvalue weighted by atomic mass is 35.5. The van der Waals surface area contributed by atoms with Gasteiger partial charge in [-0.05, 0) is 49.6 Å². The highest BCUT2D eigenvalue weighted by molar-refractivity contribution is 6.23. The molecule has 0 aromatic heterocycles. The molecule has 2 rings (SSSR count). The minimum atomic E-state index is -0.428. The first-order valence-electron chi connectivity index (χ1n) is 9.15. The van der Waals surface area contributed by atoms with E-state index < -0.39 is 4.87 Å². The number of benzene rings is 2. The molecule has 142 valence electrons. The molecule has 0 bridgehead atoms. The van der Waals surface area contributed by atoms with Crippen LogP contribution >= 0.6 is 11.6 Å². The zero-order chi connectivity index (χ0) is 18.8. The second-order valence-electron chi connectivity index (χ2n) is 6.62. The van der Waals surface area contributed by atoms with Crippen LogP contribution in [0.25, 0.3) is 0 Å². The predicted octanol–water partition coefficient (Wildman–Crippen LogP) is 6.19. The van der Waals surface area contributed by atoms with E-state index in [-0.39, 0.29) is 0 Å². The minimum absolute atomic E-state index is 0.428. The smallest absolute Gasteiger partial charge is 0.122 e. The molecule has 0 heterocycles. The Hall–Kier alpha value is -1.87. The lowest BCUT2D eigenvalue weighted by molar-refractivity contribution is 0.304. The molecule has 1 atom stereocenters. The van der Waals surface area contributed by atoms with E-state index >= 15 is 0 Å². The maximum atomic E-state index is 6.80. The van der Waals surface area contributed by atoms with Gasteiger partial charge in [-0.1, -0.05) is 37.5 Å². The third kappa shape index (κ3) is 6.45. The van der Waals surface area contributed by atoms with Crippen molar-refractivity contribution < 1.29 is 14.2 Å². The van der Waals surface area contributed by atoms with Crippen molar-refractivity contribution in [3.05, 3.63) is 54.1 Å². The number of halogens is 1. The third-order valence-corrected chi connectivity index (χ3v) is 4.91. The predicted molar refractivity (Wildman–Crippen MR) is 108 cm³/mol. The van der Waals surface area contributed by atoms with E-state index in [1.807, 2.05) is 48.5 Å². The molecule has 4 heteroatoms. The molecule has 0 saturated carbocycles. The topological polar surface area (TPSA) is 27.7 Å². The lowest BCUT2D eigenvalue weighted by Gasteiger charge is -2.24. The fourth-order valence-corrected chi connectivity index (χ4v) is 3.11. The average molecular weight is 377 g/mol. The van der Waals surface area contributed by atoms with Gasteiger partial charge in [0.1, 0.15) is 17.2 Å². The Morgan fingerprint density at radius 2 is 1.42 bits per heavy atom. The summed E-state index contributed by atoms with van der Waals surface area (Å²) in [5.74, 6) is 2.47. The molecule has 2 aromatic carbocycles. The molecular weight excluding hydrogens is 348 g/mol. The number of hydrogen-bond donors (Lipinski definition) is 0. The summed E-state index contributed by atoms with van der Waals surface area (Å²) in [6.07, 6.45) is 5.32. The molecule has 0 N–H and O–H groups in total. The molecule has 2 aromatic rings. The van der Waals surface area contributed by atoms with Crippen LogP contribution in [-0.4, -0.2) is 20.8 Å². The van der Waals surface area contributed by atoms with E-state index in [9.17, 15) is 0 Å². The second-order valence-corrected chi connectivity index (χ2v) is 7.46. The van der Waals surface area contributed by atoms with Crippen molar-refractivity contribution >= 4 is 11.6 Å². The molecule has 0 amide bonds. The number of alkyl halides is 1. The van der Waals surface area contributed by atoms with Crippen LogP contribution in [0.1, 0.15) is 44.6 Å². The molecule has 0 aliphatic carbocycles. The number of rotatable bonds is 11. The molecule has 0 saturated heterocycles. The maximum Gasteiger partial charge on any atom is 0.122 e. The molecule has 0 radical (unpaired) electrons. The van der Waals surface area contributed by atoms with E-state index in [0.717, 1.165) is 61.5 Å². The summed E-state index contributed by atoms with van der Waals surface area (Å²) in [6, 6.07) is 15.8. The SMILES string of the molecule is COc1cc(OC)cc(C(C)(Cl)CCCCCCOc2ccccc2)c1. The molecule has 0 aliphatic heterocycles.